The van der Waals surface area contributed by atoms with Crippen molar-refractivity contribution in [2.24, 2.45) is 0 Å². The number of phenolic OH excluding ortho intramolecular Hbond substituents is 1. The zero-order valence-electron chi connectivity index (χ0n) is 10.9. The Hall–Kier alpha value is -2.30. The van der Waals surface area contributed by atoms with Crippen LogP contribution in [0.1, 0.15) is 11.1 Å². The van der Waals surface area contributed by atoms with Crippen LogP contribution in [0.5, 0.6) is 11.5 Å². The summed E-state index contributed by atoms with van der Waals surface area (Å²) in [4.78, 5) is 0. The van der Waals surface area contributed by atoms with Crippen molar-refractivity contribution in [1.29, 1.82) is 0 Å². The fourth-order valence-corrected chi connectivity index (χ4v) is 1.71. The van der Waals surface area contributed by atoms with Gasteiger partial charge in [0, 0.05) is 18.3 Å². The van der Waals surface area contributed by atoms with Crippen molar-refractivity contribution in [2.75, 3.05) is 5.32 Å². The number of anilines is 1. The van der Waals surface area contributed by atoms with E-state index in [1.165, 1.54) is 12.1 Å². The van der Waals surface area contributed by atoms with Gasteiger partial charge in [0.1, 0.15) is 11.5 Å². The van der Waals surface area contributed by atoms with Gasteiger partial charge in [-0.05, 0) is 36.2 Å². The molecule has 0 saturated carbocycles. The standard InChI is InChI=1S/C15H15F2NO2/c1-10-2-5-12(8-14(10)19)18-9-11-3-6-13(7-4-11)20-15(16)17/h2-8,15,18-19H,9H2,1H3. The maximum atomic E-state index is 12.0. The lowest BCUT2D eigenvalue weighted by atomic mass is 10.2. The lowest BCUT2D eigenvalue weighted by Gasteiger charge is -2.09. The van der Waals surface area contributed by atoms with E-state index < -0.39 is 6.61 Å². The molecule has 0 heterocycles. The Bertz CT molecular complexity index is 571. The van der Waals surface area contributed by atoms with Crippen molar-refractivity contribution in [3.05, 3.63) is 53.6 Å². The molecule has 20 heavy (non-hydrogen) atoms. The molecule has 2 aromatic rings. The molecule has 0 aromatic heterocycles. The molecule has 5 heteroatoms. The molecule has 0 saturated heterocycles. The second-order valence-electron chi connectivity index (χ2n) is 4.38. The molecule has 0 unspecified atom stereocenters. The summed E-state index contributed by atoms with van der Waals surface area (Å²) < 4.78 is 28.3. The molecule has 0 amide bonds. The lowest BCUT2D eigenvalue weighted by Crippen LogP contribution is -2.02. The molecular formula is C15H15F2NO2. The quantitative estimate of drug-likeness (QED) is 0.871. The Labute approximate surface area is 115 Å². The molecule has 2 rings (SSSR count). The van der Waals surface area contributed by atoms with E-state index in [2.05, 4.69) is 10.1 Å². The second kappa shape index (κ2) is 6.23. The van der Waals surface area contributed by atoms with E-state index in [0.29, 0.717) is 6.54 Å². The molecular weight excluding hydrogens is 264 g/mol. The number of rotatable bonds is 5. The van der Waals surface area contributed by atoms with E-state index in [1.54, 1.807) is 18.2 Å². The van der Waals surface area contributed by atoms with Crippen molar-refractivity contribution in [2.45, 2.75) is 20.1 Å². The molecule has 2 N–H and O–H groups in total. The number of ether oxygens (including phenoxy) is 1. The van der Waals surface area contributed by atoms with Crippen LogP contribution in [0, 0.1) is 6.92 Å². The Kier molecular flexibility index (Phi) is 4.40. The van der Waals surface area contributed by atoms with Crippen LogP contribution in [-0.2, 0) is 6.54 Å². The fraction of sp³-hybridized carbons (Fsp3) is 0.200. The highest BCUT2D eigenvalue weighted by molar-refractivity contribution is 5.51. The van der Waals surface area contributed by atoms with Crippen LogP contribution in [0.25, 0.3) is 0 Å². The van der Waals surface area contributed by atoms with Gasteiger partial charge in [-0.15, -0.1) is 0 Å². The third-order valence-corrected chi connectivity index (χ3v) is 2.85. The summed E-state index contributed by atoms with van der Waals surface area (Å²) in [5.41, 5.74) is 2.52. The molecule has 0 radical (unpaired) electrons. The number of benzene rings is 2. The molecule has 3 nitrogen and oxygen atoms in total. The van der Waals surface area contributed by atoms with Gasteiger partial charge in [-0.3, -0.25) is 0 Å². The Morgan fingerprint density at radius 2 is 1.85 bits per heavy atom. The third-order valence-electron chi connectivity index (χ3n) is 2.85. The van der Waals surface area contributed by atoms with Gasteiger partial charge in [0.25, 0.3) is 0 Å². The molecule has 0 fully saturated rings. The molecule has 2 aromatic carbocycles. The molecule has 0 atom stereocenters. The van der Waals surface area contributed by atoms with Crippen molar-refractivity contribution in [3.63, 3.8) is 0 Å². The summed E-state index contributed by atoms with van der Waals surface area (Å²) in [6, 6.07) is 11.7. The van der Waals surface area contributed by atoms with Gasteiger partial charge in [0.2, 0.25) is 0 Å². The van der Waals surface area contributed by atoms with Crippen molar-refractivity contribution in [3.8, 4) is 11.5 Å². The number of aryl methyl sites for hydroxylation is 1. The summed E-state index contributed by atoms with van der Waals surface area (Å²) in [6.45, 7) is -0.465. The van der Waals surface area contributed by atoms with Gasteiger partial charge in [-0.25, -0.2) is 0 Å². The van der Waals surface area contributed by atoms with Crippen LogP contribution >= 0.6 is 0 Å². The average Bonchev–Trinajstić information content (AvgIpc) is 2.41. The number of nitrogens with one attached hydrogen (secondary N) is 1. The highest BCUT2D eigenvalue weighted by Crippen LogP contribution is 2.21. The minimum absolute atomic E-state index is 0.136. The van der Waals surface area contributed by atoms with Crippen LogP contribution in [0.4, 0.5) is 14.5 Å². The maximum absolute atomic E-state index is 12.0. The fourth-order valence-electron chi connectivity index (χ4n) is 1.71. The first kappa shape index (κ1) is 14.1. The lowest BCUT2D eigenvalue weighted by molar-refractivity contribution is -0.0498. The molecule has 0 aliphatic heterocycles. The van der Waals surface area contributed by atoms with E-state index in [-0.39, 0.29) is 11.5 Å². The number of hydrogen-bond acceptors (Lipinski definition) is 3. The van der Waals surface area contributed by atoms with Gasteiger partial charge in [-0.2, -0.15) is 8.78 Å². The van der Waals surface area contributed by atoms with Gasteiger partial charge in [0.15, 0.2) is 0 Å². The van der Waals surface area contributed by atoms with Gasteiger partial charge < -0.3 is 15.2 Å². The van der Waals surface area contributed by atoms with E-state index in [1.807, 2.05) is 19.1 Å². The van der Waals surface area contributed by atoms with Crippen LogP contribution in [0.3, 0.4) is 0 Å². The van der Waals surface area contributed by atoms with E-state index in [4.69, 9.17) is 0 Å². The third kappa shape index (κ3) is 3.85. The predicted octanol–water partition coefficient (Wildman–Crippen LogP) is 3.91. The highest BCUT2D eigenvalue weighted by atomic mass is 19.3. The number of hydrogen-bond donors (Lipinski definition) is 2. The van der Waals surface area contributed by atoms with E-state index in [9.17, 15) is 13.9 Å². The van der Waals surface area contributed by atoms with Crippen LogP contribution in [-0.4, -0.2) is 11.7 Å². The minimum Gasteiger partial charge on any atom is -0.508 e. The molecule has 0 bridgehead atoms. The number of halogens is 2. The van der Waals surface area contributed by atoms with Gasteiger partial charge >= 0.3 is 6.61 Å². The number of phenols is 1. The summed E-state index contributed by atoms with van der Waals surface area (Å²) in [5, 5.41) is 12.7. The Balaban J connectivity index is 1.95. The van der Waals surface area contributed by atoms with Crippen LogP contribution in [0.2, 0.25) is 0 Å². The zero-order chi connectivity index (χ0) is 14.5. The second-order valence-corrected chi connectivity index (χ2v) is 4.38. The summed E-state index contributed by atoms with van der Waals surface area (Å²) in [7, 11) is 0. The smallest absolute Gasteiger partial charge is 0.387 e. The summed E-state index contributed by atoms with van der Waals surface area (Å²) >= 11 is 0. The van der Waals surface area contributed by atoms with E-state index >= 15 is 0 Å². The van der Waals surface area contributed by atoms with Crippen LogP contribution < -0.4 is 10.1 Å². The van der Waals surface area contributed by atoms with Gasteiger partial charge in [-0.1, -0.05) is 18.2 Å². The number of alkyl halides is 2. The normalized spacial score (nSPS) is 10.6. The first-order valence-corrected chi connectivity index (χ1v) is 6.12. The maximum Gasteiger partial charge on any atom is 0.387 e. The Morgan fingerprint density at radius 1 is 1.15 bits per heavy atom. The van der Waals surface area contributed by atoms with Crippen molar-refractivity contribution < 1.29 is 18.6 Å². The van der Waals surface area contributed by atoms with E-state index in [0.717, 1.165) is 16.8 Å². The Morgan fingerprint density at radius 3 is 2.45 bits per heavy atom. The highest BCUT2D eigenvalue weighted by Gasteiger charge is 2.04. The topological polar surface area (TPSA) is 41.5 Å². The van der Waals surface area contributed by atoms with Crippen molar-refractivity contribution >= 4 is 5.69 Å². The summed E-state index contributed by atoms with van der Waals surface area (Å²) in [5.74, 6) is 0.368. The SMILES string of the molecule is Cc1ccc(NCc2ccc(OC(F)F)cc2)cc1O. The summed E-state index contributed by atoms with van der Waals surface area (Å²) in [6.07, 6.45) is 0. The first-order valence-electron chi connectivity index (χ1n) is 6.12. The van der Waals surface area contributed by atoms with Crippen LogP contribution in [0.15, 0.2) is 42.5 Å². The number of aromatic hydroxyl groups is 1. The van der Waals surface area contributed by atoms with Crippen molar-refractivity contribution in [1.82, 2.24) is 0 Å². The monoisotopic (exact) mass is 279 g/mol. The zero-order valence-corrected chi connectivity index (χ0v) is 10.9. The molecule has 0 spiro atoms. The minimum atomic E-state index is -2.81. The first-order chi connectivity index (χ1) is 9.54. The molecule has 0 aliphatic carbocycles. The molecule has 0 aliphatic rings. The molecule has 106 valence electrons. The van der Waals surface area contributed by atoms with Gasteiger partial charge in [0.05, 0.1) is 0 Å². The predicted molar refractivity (Wildman–Crippen MR) is 73.2 cm³/mol. The average molecular weight is 279 g/mol. The largest absolute Gasteiger partial charge is 0.508 e.